The number of ether oxygens (including phenoxy) is 2. The molecule has 64 valence electrons. The van der Waals surface area contributed by atoms with Crippen LogP contribution in [0.4, 0.5) is 0 Å². The summed E-state index contributed by atoms with van der Waals surface area (Å²) in [6, 6.07) is 3.88. The lowest BCUT2D eigenvalue weighted by molar-refractivity contribution is -0.106. The number of methoxy groups -OCH3 is 2. The van der Waals surface area contributed by atoms with Crippen LogP contribution in [-0.2, 0) is 9.47 Å². The molecular weight excluding hydrogens is 153 g/mol. The van der Waals surface area contributed by atoms with Gasteiger partial charge in [0.05, 0.1) is 0 Å². The highest BCUT2D eigenvalue weighted by Gasteiger charge is 2.07. The van der Waals surface area contributed by atoms with Crippen LogP contribution in [0, 0.1) is 0 Å². The largest absolute Gasteiger partial charge is 0.352 e. The van der Waals surface area contributed by atoms with E-state index in [4.69, 9.17) is 9.47 Å². The highest BCUT2D eigenvalue weighted by atomic mass is 16.7. The Morgan fingerprint density at radius 1 is 1.33 bits per heavy atom. The second kappa shape index (κ2) is 4.23. The summed E-state index contributed by atoms with van der Waals surface area (Å²) >= 11 is 0. The van der Waals surface area contributed by atoms with Crippen molar-refractivity contribution >= 4 is 13.4 Å². The first-order valence-electron chi connectivity index (χ1n) is 3.76. The number of hydrogen-bond donors (Lipinski definition) is 0. The van der Waals surface area contributed by atoms with Gasteiger partial charge in [-0.3, -0.25) is 4.98 Å². The molecule has 0 amide bonds. The SMILES string of the molecule is Bc1ccc(C(OC)OC)cn1. The zero-order valence-electron chi connectivity index (χ0n) is 7.57. The fraction of sp³-hybridized carbons (Fsp3) is 0.375. The van der Waals surface area contributed by atoms with Crippen molar-refractivity contribution in [1.29, 1.82) is 0 Å². The van der Waals surface area contributed by atoms with E-state index in [0.29, 0.717) is 0 Å². The molecule has 0 N–H and O–H groups in total. The number of rotatable bonds is 3. The third kappa shape index (κ3) is 2.06. The minimum atomic E-state index is -0.307. The summed E-state index contributed by atoms with van der Waals surface area (Å²) in [5.41, 5.74) is 1.93. The molecule has 0 aliphatic heterocycles. The average molecular weight is 165 g/mol. The van der Waals surface area contributed by atoms with E-state index >= 15 is 0 Å². The van der Waals surface area contributed by atoms with Crippen LogP contribution >= 0.6 is 0 Å². The minimum absolute atomic E-state index is 0.307. The molecule has 1 aromatic heterocycles. The standard InChI is InChI=1S/C8H12BNO2/c1-11-8(12-2)6-3-4-7(9)10-5-6/h3-5,8H,9H2,1-2H3. The molecule has 0 aliphatic rings. The van der Waals surface area contributed by atoms with E-state index in [1.54, 1.807) is 20.4 Å². The van der Waals surface area contributed by atoms with E-state index < -0.39 is 0 Å². The van der Waals surface area contributed by atoms with Gasteiger partial charge in [-0.25, -0.2) is 0 Å². The summed E-state index contributed by atoms with van der Waals surface area (Å²) in [7, 11) is 5.15. The Balaban J connectivity index is 2.80. The van der Waals surface area contributed by atoms with Crippen LogP contribution in [-0.4, -0.2) is 27.0 Å². The van der Waals surface area contributed by atoms with Gasteiger partial charge >= 0.3 is 0 Å². The van der Waals surface area contributed by atoms with Crippen molar-refractivity contribution in [3.63, 3.8) is 0 Å². The highest BCUT2D eigenvalue weighted by molar-refractivity contribution is 6.30. The maximum Gasteiger partial charge on any atom is 0.184 e. The van der Waals surface area contributed by atoms with E-state index in [1.807, 2.05) is 20.0 Å². The second-order valence-electron chi connectivity index (χ2n) is 2.54. The Bertz CT molecular complexity index is 233. The third-order valence-corrected chi connectivity index (χ3v) is 1.63. The van der Waals surface area contributed by atoms with E-state index in [-0.39, 0.29) is 6.29 Å². The molecule has 12 heavy (non-hydrogen) atoms. The normalized spacial score (nSPS) is 10.6. The van der Waals surface area contributed by atoms with Crippen LogP contribution in [0.3, 0.4) is 0 Å². The quantitative estimate of drug-likeness (QED) is 0.452. The van der Waals surface area contributed by atoms with Crippen molar-refractivity contribution in [3.05, 3.63) is 23.9 Å². The van der Waals surface area contributed by atoms with Crippen molar-refractivity contribution in [1.82, 2.24) is 4.98 Å². The van der Waals surface area contributed by atoms with Gasteiger partial charge in [0, 0.05) is 26.0 Å². The van der Waals surface area contributed by atoms with Crippen molar-refractivity contribution < 1.29 is 9.47 Å². The predicted octanol–water partition coefficient (Wildman–Crippen LogP) is -0.369. The number of aromatic nitrogens is 1. The van der Waals surface area contributed by atoms with Crippen LogP contribution in [0.2, 0.25) is 0 Å². The first-order valence-corrected chi connectivity index (χ1v) is 3.76. The number of pyridine rings is 1. The molecule has 0 atom stereocenters. The van der Waals surface area contributed by atoms with E-state index in [0.717, 1.165) is 11.2 Å². The zero-order valence-corrected chi connectivity index (χ0v) is 7.57. The summed E-state index contributed by atoms with van der Waals surface area (Å²) in [4.78, 5) is 4.14. The first-order chi connectivity index (χ1) is 5.77. The maximum atomic E-state index is 5.06. The fourth-order valence-corrected chi connectivity index (χ4v) is 0.987. The maximum absolute atomic E-state index is 5.06. The van der Waals surface area contributed by atoms with Gasteiger partial charge in [0.1, 0.15) is 0 Å². The molecule has 0 aromatic carbocycles. The van der Waals surface area contributed by atoms with Gasteiger partial charge < -0.3 is 9.47 Å². The van der Waals surface area contributed by atoms with E-state index in [1.165, 1.54) is 0 Å². The zero-order chi connectivity index (χ0) is 8.97. The van der Waals surface area contributed by atoms with Crippen LogP contribution in [0.25, 0.3) is 0 Å². The Morgan fingerprint density at radius 2 is 2.00 bits per heavy atom. The monoisotopic (exact) mass is 165 g/mol. The molecular formula is C8H12BNO2. The smallest absolute Gasteiger partial charge is 0.184 e. The second-order valence-corrected chi connectivity index (χ2v) is 2.54. The van der Waals surface area contributed by atoms with Gasteiger partial charge in [-0.05, 0) is 5.59 Å². The Labute approximate surface area is 73.1 Å². The number of nitrogens with zero attached hydrogens (tertiary/aromatic N) is 1. The van der Waals surface area contributed by atoms with E-state index in [2.05, 4.69) is 4.98 Å². The number of hydrogen-bond acceptors (Lipinski definition) is 3. The summed E-state index contributed by atoms with van der Waals surface area (Å²) in [5, 5.41) is 0. The molecule has 0 spiro atoms. The molecule has 1 rings (SSSR count). The predicted molar refractivity (Wildman–Crippen MR) is 49.2 cm³/mol. The molecule has 0 saturated heterocycles. The molecule has 3 nitrogen and oxygen atoms in total. The van der Waals surface area contributed by atoms with Crippen LogP contribution < -0.4 is 5.59 Å². The molecule has 0 bridgehead atoms. The van der Waals surface area contributed by atoms with Gasteiger partial charge in [-0.15, -0.1) is 0 Å². The molecule has 1 heterocycles. The third-order valence-electron chi connectivity index (χ3n) is 1.63. The summed E-state index contributed by atoms with van der Waals surface area (Å²) in [6.07, 6.45) is 1.45. The molecule has 0 unspecified atom stereocenters. The van der Waals surface area contributed by atoms with Gasteiger partial charge in [-0.1, -0.05) is 12.1 Å². The van der Waals surface area contributed by atoms with Gasteiger partial charge in [-0.2, -0.15) is 0 Å². The lowest BCUT2D eigenvalue weighted by Gasteiger charge is -2.12. The minimum Gasteiger partial charge on any atom is -0.352 e. The Kier molecular flexibility index (Phi) is 3.25. The van der Waals surface area contributed by atoms with Crippen molar-refractivity contribution in [2.24, 2.45) is 0 Å². The van der Waals surface area contributed by atoms with Crippen LogP contribution in [0.5, 0.6) is 0 Å². The Morgan fingerprint density at radius 3 is 2.42 bits per heavy atom. The summed E-state index contributed by atoms with van der Waals surface area (Å²) in [6.45, 7) is 0. The van der Waals surface area contributed by atoms with Gasteiger partial charge in [0.25, 0.3) is 0 Å². The molecule has 1 aromatic rings. The molecule has 0 radical (unpaired) electrons. The lowest BCUT2D eigenvalue weighted by atomic mass is 10.0. The van der Waals surface area contributed by atoms with Crippen molar-refractivity contribution in [2.45, 2.75) is 6.29 Å². The van der Waals surface area contributed by atoms with Crippen molar-refractivity contribution in [3.8, 4) is 0 Å². The van der Waals surface area contributed by atoms with Crippen LogP contribution in [0.1, 0.15) is 11.9 Å². The summed E-state index contributed by atoms with van der Waals surface area (Å²) in [5.74, 6) is 0. The average Bonchev–Trinajstić information content (AvgIpc) is 2.10. The molecule has 0 saturated carbocycles. The fourth-order valence-electron chi connectivity index (χ4n) is 0.987. The molecule has 4 heteroatoms. The van der Waals surface area contributed by atoms with Crippen LogP contribution in [0.15, 0.2) is 18.3 Å². The topological polar surface area (TPSA) is 31.4 Å². The lowest BCUT2D eigenvalue weighted by Crippen LogP contribution is -2.10. The Hall–Kier alpha value is -0.865. The van der Waals surface area contributed by atoms with Gasteiger partial charge in [0.2, 0.25) is 0 Å². The first kappa shape index (κ1) is 9.22. The highest BCUT2D eigenvalue weighted by Crippen LogP contribution is 2.14. The molecule has 0 fully saturated rings. The van der Waals surface area contributed by atoms with Gasteiger partial charge in [0.15, 0.2) is 14.1 Å². The van der Waals surface area contributed by atoms with E-state index in [9.17, 15) is 0 Å². The van der Waals surface area contributed by atoms with Crippen molar-refractivity contribution in [2.75, 3.05) is 14.2 Å². The molecule has 0 aliphatic carbocycles. The summed E-state index contributed by atoms with van der Waals surface area (Å²) < 4.78 is 10.1.